The third-order valence-electron chi connectivity index (χ3n) is 5.10. The summed E-state index contributed by atoms with van der Waals surface area (Å²) in [5.74, 6) is -0.357. The molecule has 0 saturated carbocycles. The minimum atomic E-state index is -0.317. The van der Waals surface area contributed by atoms with Gasteiger partial charge >= 0.3 is 5.97 Å². The minimum absolute atomic E-state index is 0.0406. The summed E-state index contributed by atoms with van der Waals surface area (Å²) in [6.45, 7) is 9.17. The maximum Gasteiger partial charge on any atom is 0.338 e. The predicted molar refractivity (Wildman–Crippen MR) is 123 cm³/mol. The smallest absolute Gasteiger partial charge is 0.338 e. The van der Waals surface area contributed by atoms with Crippen molar-refractivity contribution < 1.29 is 14.3 Å². The highest BCUT2D eigenvalue weighted by Crippen LogP contribution is 2.22. The quantitative estimate of drug-likeness (QED) is 0.370. The van der Waals surface area contributed by atoms with Crippen molar-refractivity contribution in [2.45, 2.75) is 71.6 Å². The fourth-order valence-corrected chi connectivity index (χ4v) is 3.12. The summed E-state index contributed by atoms with van der Waals surface area (Å²) in [5.41, 5.74) is 3.75. The van der Waals surface area contributed by atoms with Gasteiger partial charge in [-0.25, -0.2) is 4.79 Å². The molecule has 0 aliphatic heterocycles. The number of aryl methyl sites for hydroxylation is 1. The van der Waals surface area contributed by atoms with E-state index in [1.54, 1.807) is 24.3 Å². The molecule has 0 atom stereocenters. The molecule has 2 aromatic rings. The van der Waals surface area contributed by atoms with Crippen molar-refractivity contribution in [3.8, 4) is 0 Å². The Morgan fingerprint density at radius 3 is 2.17 bits per heavy atom. The fraction of sp³-hybridized carbons (Fsp3) is 0.462. The van der Waals surface area contributed by atoms with Crippen LogP contribution in [0.1, 0.15) is 81.3 Å². The fourth-order valence-electron chi connectivity index (χ4n) is 3.12. The highest BCUT2D eigenvalue weighted by molar-refractivity contribution is 5.93. The van der Waals surface area contributed by atoms with E-state index in [4.69, 9.17) is 4.74 Å². The molecule has 0 bridgehead atoms. The Kier molecular flexibility index (Phi) is 9.10. The molecule has 2 rings (SSSR count). The Hall–Kier alpha value is -2.62. The van der Waals surface area contributed by atoms with Crippen LogP contribution in [0.4, 0.5) is 5.69 Å². The Morgan fingerprint density at radius 1 is 0.900 bits per heavy atom. The lowest BCUT2D eigenvalue weighted by molar-refractivity contribution is -0.116. The molecule has 4 nitrogen and oxygen atoms in total. The van der Waals surface area contributed by atoms with Gasteiger partial charge in [-0.1, -0.05) is 71.2 Å². The van der Waals surface area contributed by atoms with Gasteiger partial charge in [0.15, 0.2) is 0 Å². The maximum absolute atomic E-state index is 12.3. The molecule has 1 N–H and O–H groups in total. The summed E-state index contributed by atoms with van der Waals surface area (Å²) in [5, 5.41) is 2.89. The van der Waals surface area contributed by atoms with E-state index in [9.17, 15) is 9.59 Å². The number of carbonyl (C=O) groups is 2. The van der Waals surface area contributed by atoms with Crippen LogP contribution in [-0.4, -0.2) is 18.5 Å². The Labute approximate surface area is 181 Å². The SMILES string of the molecule is CCCCCCOC(=O)c1ccc(NC(=O)CCc2ccc(C(C)(C)C)cc2)cc1. The van der Waals surface area contributed by atoms with E-state index in [-0.39, 0.29) is 17.3 Å². The number of ether oxygens (including phenoxy) is 1. The van der Waals surface area contributed by atoms with E-state index in [0.29, 0.717) is 30.7 Å². The van der Waals surface area contributed by atoms with Gasteiger partial charge in [0.05, 0.1) is 12.2 Å². The number of hydrogen-bond donors (Lipinski definition) is 1. The summed E-state index contributed by atoms with van der Waals surface area (Å²) in [4.78, 5) is 24.3. The van der Waals surface area contributed by atoms with Crippen LogP contribution in [0.2, 0.25) is 0 Å². The van der Waals surface area contributed by atoms with Crippen molar-refractivity contribution in [1.82, 2.24) is 0 Å². The van der Waals surface area contributed by atoms with Crippen LogP contribution in [0.15, 0.2) is 48.5 Å². The number of esters is 1. The van der Waals surface area contributed by atoms with E-state index in [2.05, 4.69) is 57.3 Å². The largest absolute Gasteiger partial charge is 0.462 e. The zero-order valence-electron chi connectivity index (χ0n) is 18.8. The second-order valence-corrected chi connectivity index (χ2v) is 8.77. The van der Waals surface area contributed by atoms with Crippen molar-refractivity contribution in [3.05, 3.63) is 65.2 Å². The second kappa shape index (κ2) is 11.5. The maximum atomic E-state index is 12.3. The van der Waals surface area contributed by atoms with Crippen LogP contribution < -0.4 is 5.32 Å². The first-order chi connectivity index (χ1) is 14.3. The molecule has 2 aromatic carbocycles. The predicted octanol–water partition coefficient (Wildman–Crippen LogP) is 6.29. The van der Waals surface area contributed by atoms with Crippen molar-refractivity contribution in [2.24, 2.45) is 0 Å². The lowest BCUT2D eigenvalue weighted by atomic mass is 9.86. The standard InChI is InChI=1S/C26H35NO3/c1-5-6-7-8-19-30-25(29)21-12-16-23(17-13-21)27-24(28)18-11-20-9-14-22(15-10-20)26(2,3)4/h9-10,12-17H,5-8,11,18-19H2,1-4H3,(H,27,28). The van der Waals surface area contributed by atoms with E-state index < -0.39 is 0 Å². The number of nitrogens with one attached hydrogen (secondary N) is 1. The first-order valence-corrected chi connectivity index (χ1v) is 11.0. The van der Waals surface area contributed by atoms with E-state index in [1.165, 1.54) is 5.56 Å². The van der Waals surface area contributed by atoms with Gasteiger partial charge in [-0.3, -0.25) is 4.79 Å². The number of amides is 1. The van der Waals surface area contributed by atoms with Gasteiger partial charge in [0, 0.05) is 12.1 Å². The molecule has 4 heteroatoms. The van der Waals surface area contributed by atoms with Gasteiger partial charge in [-0.2, -0.15) is 0 Å². The number of hydrogen-bond acceptors (Lipinski definition) is 3. The topological polar surface area (TPSA) is 55.4 Å². The summed E-state index contributed by atoms with van der Waals surface area (Å²) in [7, 11) is 0. The van der Waals surface area contributed by atoms with Crippen LogP contribution in [-0.2, 0) is 21.4 Å². The molecule has 0 heterocycles. The second-order valence-electron chi connectivity index (χ2n) is 8.77. The zero-order chi connectivity index (χ0) is 22.0. The number of unbranched alkanes of at least 4 members (excludes halogenated alkanes) is 3. The van der Waals surface area contributed by atoms with Gasteiger partial charge in [-0.15, -0.1) is 0 Å². The molecule has 0 fully saturated rings. The van der Waals surface area contributed by atoms with Crippen LogP contribution >= 0.6 is 0 Å². The molecular weight excluding hydrogens is 374 g/mol. The molecule has 0 aromatic heterocycles. The van der Waals surface area contributed by atoms with Gasteiger partial charge in [-0.05, 0) is 53.6 Å². The number of benzene rings is 2. The van der Waals surface area contributed by atoms with Gasteiger partial charge < -0.3 is 10.1 Å². The molecule has 30 heavy (non-hydrogen) atoms. The lowest BCUT2D eigenvalue weighted by Crippen LogP contribution is -2.13. The average molecular weight is 410 g/mol. The Balaban J connectivity index is 1.76. The summed E-state index contributed by atoms with van der Waals surface area (Å²) >= 11 is 0. The Bertz CT molecular complexity index is 802. The van der Waals surface area contributed by atoms with E-state index in [0.717, 1.165) is 31.2 Å². The summed E-state index contributed by atoms with van der Waals surface area (Å²) in [6.07, 6.45) is 5.40. The third kappa shape index (κ3) is 8.02. The molecule has 0 spiro atoms. The normalized spacial score (nSPS) is 11.2. The molecule has 162 valence electrons. The molecule has 0 unspecified atom stereocenters. The van der Waals surface area contributed by atoms with Crippen molar-refractivity contribution in [3.63, 3.8) is 0 Å². The summed E-state index contributed by atoms with van der Waals surface area (Å²) < 4.78 is 5.29. The van der Waals surface area contributed by atoms with E-state index in [1.807, 2.05) is 0 Å². The van der Waals surface area contributed by atoms with Crippen molar-refractivity contribution in [1.29, 1.82) is 0 Å². The zero-order valence-corrected chi connectivity index (χ0v) is 18.8. The van der Waals surface area contributed by atoms with Gasteiger partial charge in [0.2, 0.25) is 5.91 Å². The van der Waals surface area contributed by atoms with Crippen molar-refractivity contribution >= 4 is 17.6 Å². The minimum Gasteiger partial charge on any atom is -0.462 e. The molecule has 0 aliphatic rings. The van der Waals surface area contributed by atoms with Crippen LogP contribution in [0.25, 0.3) is 0 Å². The molecule has 1 amide bonds. The lowest BCUT2D eigenvalue weighted by Gasteiger charge is -2.19. The number of anilines is 1. The van der Waals surface area contributed by atoms with Gasteiger partial charge in [0.25, 0.3) is 0 Å². The molecule has 0 aliphatic carbocycles. The highest BCUT2D eigenvalue weighted by atomic mass is 16.5. The monoisotopic (exact) mass is 409 g/mol. The van der Waals surface area contributed by atoms with Crippen LogP contribution in [0.5, 0.6) is 0 Å². The Morgan fingerprint density at radius 2 is 1.57 bits per heavy atom. The summed E-state index contributed by atoms with van der Waals surface area (Å²) in [6, 6.07) is 15.3. The molecular formula is C26H35NO3. The first-order valence-electron chi connectivity index (χ1n) is 11.0. The average Bonchev–Trinajstić information content (AvgIpc) is 2.72. The number of carbonyl (C=O) groups excluding carboxylic acids is 2. The van der Waals surface area contributed by atoms with Crippen molar-refractivity contribution in [2.75, 3.05) is 11.9 Å². The van der Waals surface area contributed by atoms with Gasteiger partial charge in [0.1, 0.15) is 0 Å². The third-order valence-corrected chi connectivity index (χ3v) is 5.10. The number of rotatable bonds is 10. The van der Waals surface area contributed by atoms with Crippen LogP contribution in [0.3, 0.4) is 0 Å². The van der Waals surface area contributed by atoms with Crippen LogP contribution in [0, 0.1) is 0 Å². The highest BCUT2D eigenvalue weighted by Gasteiger charge is 2.13. The first kappa shape index (κ1) is 23.7. The molecule has 0 radical (unpaired) electrons. The van der Waals surface area contributed by atoms with E-state index >= 15 is 0 Å². The molecule has 0 saturated heterocycles.